The van der Waals surface area contributed by atoms with E-state index in [1.54, 1.807) is 0 Å². The number of hydrogen-bond acceptors (Lipinski definition) is 5. The van der Waals surface area contributed by atoms with Gasteiger partial charge in [0, 0.05) is 49.4 Å². The molecule has 0 amide bonds. The summed E-state index contributed by atoms with van der Waals surface area (Å²) in [7, 11) is 0. The average molecular weight is 805 g/mol. The van der Waals surface area contributed by atoms with Crippen molar-refractivity contribution in [2.45, 2.75) is 101 Å². The molecule has 11 rings (SSSR count). The molecule has 5 N–H and O–H groups in total. The van der Waals surface area contributed by atoms with E-state index in [2.05, 4.69) is 84.9 Å². The third-order valence-corrected chi connectivity index (χ3v) is 14.8. The van der Waals surface area contributed by atoms with Gasteiger partial charge in [-0.25, -0.2) is 0 Å². The Labute approximate surface area is 356 Å². The van der Waals surface area contributed by atoms with Crippen LogP contribution in [0.25, 0.3) is 76.5 Å². The molecule has 8 aromatic rings. The van der Waals surface area contributed by atoms with Crippen LogP contribution in [0.3, 0.4) is 0 Å². The third kappa shape index (κ3) is 6.02. The van der Waals surface area contributed by atoms with Crippen LogP contribution in [-0.4, -0.2) is 25.5 Å². The fourth-order valence-electron chi connectivity index (χ4n) is 11.9. The molecule has 0 heterocycles. The zero-order chi connectivity index (χ0) is 41.4. The maximum atomic E-state index is 13.2. The number of phenolic OH excluding ortho intramolecular Hbond substituents is 5. The van der Waals surface area contributed by atoms with Crippen molar-refractivity contribution in [1.29, 1.82) is 0 Å². The number of phenols is 5. The zero-order valence-corrected chi connectivity index (χ0v) is 34.6. The Kier molecular flexibility index (Phi) is 9.33. The minimum atomic E-state index is -0.287. The maximum absolute atomic E-state index is 13.2. The maximum Gasteiger partial charge on any atom is 0.166 e. The summed E-state index contributed by atoms with van der Waals surface area (Å²) in [6, 6.07) is 37.4. The minimum Gasteiger partial charge on any atom is -0.507 e. The Hall–Kier alpha value is -6.20. The largest absolute Gasteiger partial charge is 0.507 e. The second-order valence-electron chi connectivity index (χ2n) is 18.2. The Bertz CT molecular complexity index is 3010. The monoisotopic (exact) mass is 804 g/mol. The molecule has 8 aromatic carbocycles. The van der Waals surface area contributed by atoms with Crippen LogP contribution >= 0.6 is 0 Å². The van der Waals surface area contributed by atoms with Crippen molar-refractivity contribution in [2.75, 3.05) is 0 Å². The smallest absolute Gasteiger partial charge is 0.166 e. The summed E-state index contributed by atoms with van der Waals surface area (Å²) in [6.45, 7) is 0. The van der Waals surface area contributed by atoms with Crippen LogP contribution in [0.15, 0.2) is 109 Å². The van der Waals surface area contributed by atoms with Gasteiger partial charge in [0.2, 0.25) is 0 Å². The Balaban J connectivity index is 1.33. The van der Waals surface area contributed by atoms with Gasteiger partial charge < -0.3 is 25.5 Å². The highest BCUT2D eigenvalue weighted by atomic mass is 16.3. The van der Waals surface area contributed by atoms with Gasteiger partial charge in [0.25, 0.3) is 0 Å². The van der Waals surface area contributed by atoms with E-state index in [0.717, 1.165) is 127 Å². The van der Waals surface area contributed by atoms with Gasteiger partial charge in [-0.1, -0.05) is 148 Å². The summed E-state index contributed by atoms with van der Waals surface area (Å²) in [5, 5.41) is 70.3. The lowest BCUT2D eigenvalue weighted by atomic mass is 9.74. The molecule has 3 aliphatic rings. The highest BCUT2D eigenvalue weighted by Crippen LogP contribution is 2.63. The topological polar surface area (TPSA) is 101 Å². The summed E-state index contributed by atoms with van der Waals surface area (Å²) in [6.07, 6.45) is 12.3. The molecule has 0 bridgehead atoms. The first-order chi connectivity index (χ1) is 29.9. The molecule has 3 aliphatic carbocycles. The highest BCUT2D eigenvalue weighted by Gasteiger charge is 2.38. The van der Waals surface area contributed by atoms with Gasteiger partial charge in [0.15, 0.2) is 11.5 Å². The van der Waals surface area contributed by atoms with Crippen LogP contribution in [0.5, 0.6) is 28.7 Å². The third-order valence-electron chi connectivity index (χ3n) is 14.8. The van der Waals surface area contributed by atoms with Gasteiger partial charge in [-0.15, -0.1) is 0 Å². The van der Waals surface area contributed by atoms with Crippen molar-refractivity contribution >= 4 is 43.1 Å². The summed E-state index contributed by atoms with van der Waals surface area (Å²) >= 11 is 0. The molecule has 0 aliphatic heterocycles. The van der Waals surface area contributed by atoms with E-state index in [0.29, 0.717) is 43.8 Å². The molecule has 0 aromatic heterocycles. The SMILES string of the molecule is Oc1c(C2CCCC2)c(O)c2c(-c3ccc(-c4ccc5ccccc5c4)cc3)c3c(O)c(C4CCCCC4)c(O)c(C4CCCC4)c3c(-c3cccc4ccccc34)c2c1O. The van der Waals surface area contributed by atoms with Crippen molar-refractivity contribution < 1.29 is 25.5 Å². The fraction of sp³-hybridized carbons (Fsp3) is 0.286. The van der Waals surface area contributed by atoms with Gasteiger partial charge in [0.1, 0.15) is 17.2 Å². The summed E-state index contributed by atoms with van der Waals surface area (Å²) < 4.78 is 0. The molecule has 306 valence electrons. The molecule has 0 saturated heterocycles. The first-order valence-corrected chi connectivity index (χ1v) is 22.6. The van der Waals surface area contributed by atoms with Gasteiger partial charge >= 0.3 is 0 Å². The van der Waals surface area contributed by atoms with Gasteiger partial charge in [-0.2, -0.15) is 0 Å². The summed E-state index contributed by atoms with van der Waals surface area (Å²) in [5.41, 5.74) is 6.71. The second kappa shape index (κ2) is 15.1. The van der Waals surface area contributed by atoms with Crippen molar-refractivity contribution in [3.8, 4) is 62.1 Å². The molecule has 5 nitrogen and oxygen atoms in total. The second-order valence-corrected chi connectivity index (χ2v) is 18.2. The lowest BCUT2D eigenvalue weighted by Gasteiger charge is -2.31. The number of aromatic hydroxyl groups is 5. The van der Waals surface area contributed by atoms with Crippen LogP contribution in [0.4, 0.5) is 0 Å². The first-order valence-electron chi connectivity index (χ1n) is 22.6. The predicted molar refractivity (Wildman–Crippen MR) is 249 cm³/mol. The van der Waals surface area contributed by atoms with Crippen LogP contribution in [0, 0.1) is 0 Å². The van der Waals surface area contributed by atoms with Crippen molar-refractivity contribution in [2.24, 2.45) is 0 Å². The van der Waals surface area contributed by atoms with Crippen LogP contribution in [-0.2, 0) is 0 Å². The molecule has 3 fully saturated rings. The first kappa shape index (κ1) is 37.8. The van der Waals surface area contributed by atoms with E-state index >= 15 is 0 Å². The molecular weight excluding hydrogens is 753 g/mol. The van der Waals surface area contributed by atoms with Gasteiger partial charge in [-0.3, -0.25) is 0 Å². The zero-order valence-electron chi connectivity index (χ0n) is 34.6. The Morgan fingerprint density at radius 3 is 1.49 bits per heavy atom. The standard InChI is InChI=1S/C56H52O5/c57-52-44(35-17-5-6-18-35)48-47(42-24-12-22-34-14-10-11-23-41(34)42)51-50(54(59)46(55(60)56(51)61)37-19-7-8-20-37)43(49(48)53(58)45(52)36-15-2-1-3-16-36)38-28-25-33(26-29-38)40-30-27-32-13-4-9-21-39(32)31-40/h4,9-14,21-31,35-37,57-61H,1-3,5-8,15-20H2. The predicted octanol–water partition coefficient (Wildman–Crippen LogP) is 15.2. The fourth-order valence-corrected chi connectivity index (χ4v) is 11.9. The van der Waals surface area contributed by atoms with E-state index in [4.69, 9.17) is 0 Å². The van der Waals surface area contributed by atoms with E-state index in [-0.39, 0.29) is 46.5 Å². The van der Waals surface area contributed by atoms with Crippen LogP contribution in [0.2, 0.25) is 0 Å². The van der Waals surface area contributed by atoms with E-state index < -0.39 is 0 Å². The number of hydrogen-bond donors (Lipinski definition) is 5. The average Bonchev–Trinajstić information content (AvgIpc) is 4.04. The Morgan fingerprint density at radius 1 is 0.328 bits per heavy atom. The normalized spacial score (nSPS) is 16.8. The van der Waals surface area contributed by atoms with E-state index in [1.807, 2.05) is 24.3 Å². The van der Waals surface area contributed by atoms with Crippen molar-refractivity contribution in [1.82, 2.24) is 0 Å². The minimum absolute atomic E-state index is 0.0156. The highest BCUT2D eigenvalue weighted by molar-refractivity contribution is 6.29. The Morgan fingerprint density at radius 2 is 0.820 bits per heavy atom. The van der Waals surface area contributed by atoms with Crippen LogP contribution in [0.1, 0.15) is 118 Å². The molecule has 0 radical (unpaired) electrons. The molecule has 5 heteroatoms. The van der Waals surface area contributed by atoms with E-state index in [9.17, 15) is 25.5 Å². The summed E-state index contributed by atoms with van der Waals surface area (Å²) in [5.74, 6) is -0.536. The molecule has 61 heavy (non-hydrogen) atoms. The lowest BCUT2D eigenvalue weighted by molar-refractivity contribution is 0.388. The summed E-state index contributed by atoms with van der Waals surface area (Å²) in [4.78, 5) is 0. The quantitative estimate of drug-likeness (QED) is 0.0655. The number of benzene rings is 8. The van der Waals surface area contributed by atoms with Crippen molar-refractivity contribution in [3.63, 3.8) is 0 Å². The molecular formula is C56H52O5. The molecule has 0 unspecified atom stereocenters. The molecule has 0 atom stereocenters. The van der Waals surface area contributed by atoms with Gasteiger partial charge in [-0.05, 0) is 106 Å². The van der Waals surface area contributed by atoms with Crippen LogP contribution < -0.4 is 0 Å². The number of rotatable bonds is 6. The lowest BCUT2D eigenvalue weighted by Crippen LogP contribution is -2.09. The van der Waals surface area contributed by atoms with Crippen molar-refractivity contribution in [3.05, 3.63) is 126 Å². The molecule has 0 spiro atoms. The van der Waals surface area contributed by atoms with Gasteiger partial charge in [0.05, 0.1) is 0 Å². The van der Waals surface area contributed by atoms with E-state index in [1.165, 1.54) is 5.39 Å². The molecule has 3 saturated carbocycles. The number of fused-ring (bicyclic) bond motifs is 4.